The molecule has 2 fully saturated rings. The molecule has 0 bridgehead atoms. The Morgan fingerprint density at radius 3 is 1.55 bits per heavy atom. The number of hydrogen-bond donors (Lipinski definition) is 3. The van der Waals surface area contributed by atoms with Gasteiger partial charge in [0.1, 0.15) is 71.2 Å². The zero-order chi connectivity index (χ0) is 62.2. The fraction of sp³-hybridized carbons (Fsp3) is 0.323. The molecule has 24 heteroatoms. The lowest BCUT2D eigenvalue weighted by atomic mass is 10.0. The second-order valence-electron chi connectivity index (χ2n) is 20.8. The molecule has 2 saturated heterocycles. The lowest BCUT2D eigenvalue weighted by molar-refractivity contribution is -0.121. The van der Waals surface area contributed by atoms with Crippen LogP contribution < -0.4 is 44.7 Å². The highest BCUT2D eigenvalue weighted by atomic mass is 79.9. The fourth-order valence-corrected chi connectivity index (χ4v) is 11.1. The van der Waals surface area contributed by atoms with E-state index in [4.69, 9.17) is 37.0 Å². The first-order valence-electron chi connectivity index (χ1n) is 27.1. The van der Waals surface area contributed by atoms with E-state index in [1.807, 2.05) is 74.5 Å². The SMILES string of the molecule is C#CC(C)(C)Cl.CN1C(=O)[C@@H](NC(=O)c2cc(Oc3ccccc3)ccn2)COc2ccc(Br)cc21.CN1C(=O)[C@@H](NC(=O)c2cc(Oc3ccccc3)ccn2)COc2ccc(C#CC(C)(C)N3CCS(=O)(=O)CC3)cc21.O=S1(=O)CCNCC1. The fourth-order valence-electron chi connectivity index (χ4n) is 8.42. The van der Waals surface area contributed by atoms with Gasteiger partial charge in [-0.2, -0.15) is 0 Å². The number of ether oxygens (including phenoxy) is 4. The summed E-state index contributed by atoms with van der Waals surface area (Å²) in [5.41, 5.74) is 1.55. The molecule has 2 atom stereocenters. The summed E-state index contributed by atoms with van der Waals surface area (Å²) in [4.78, 5) is 64.8. The normalized spacial score (nSPS) is 17.8. The van der Waals surface area contributed by atoms with Crippen molar-refractivity contribution in [1.82, 2.24) is 30.8 Å². The van der Waals surface area contributed by atoms with Crippen molar-refractivity contribution >= 4 is 82.2 Å². The van der Waals surface area contributed by atoms with Crippen LogP contribution in [0.4, 0.5) is 11.4 Å². The van der Waals surface area contributed by atoms with Gasteiger partial charge in [0.15, 0.2) is 19.7 Å². The molecule has 6 heterocycles. The molecule has 4 aliphatic rings. The number of carbonyl (C=O) groups excluding carboxylic acids is 4. The van der Waals surface area contributed by atoms with Crippen molar-refractivity contribution in [2.45, 2.75) is 50.2 Å². The summed E-state index contributed by atoms with van der Waals surface area (Å²) in [5.74, 6) is 11.3. The van der Waals surface area contributed by atoms with Gasteiger partial charge in [-0.15, -0.1) is 18.0 Å². The number of terminal acetylenes is 1. The highest BCUT2D eigenvalue weighted by Crippen LogP contribution is 2.34. The Balaban J connectivity index is 0.000000207. The summed E-state index contributed by atoms with van der Waals surface area (Å²) >= 11 is 8.88. The Morgan fingerprint density at radius 1 is 0.663 bits per heavy atom. The van der Waals surface area contributed by atoms with E-state index in [-0.39, 0.29) is 47.9 Å². The Hall–Kier alpha value is -8.03. The molecule has 0 spiro atoms. The number of nitrogens with one attached hydrogen (secondary N) is 3. The van der Waals surface area contributed by atoms with Crippen molar-refractivity contribution in [3.63, 3.8) is 0 Å². The van der Waals surface area contributed by atoms with E-state index in [9.17, 15) is 36.0 Å². The number of amides is 4. The maximum atomic E-state index is 13.4. The molecule has 20 nitrogen and oxygen atoms in total. The molecule has 4 amide bonds. The third-order valence-electron chi connectivity index (χ3n) is 13.3. The van der Waals surface area contributed by atoms with Crippen LogP contribution in [0.15, 0.2) is 138 Å². The molecule has 86 heavy (non-hydrogen) atoms. The number of benzene rings is 4. The van der Waals surface area contributed by atoms with Crippen molar-refractivity contribution in [1.29, 1.82) is 0 Å². The quantitative estimate of drug-likeness (QED) is 0.0948. The molecule has 0 unspecified atom stereocenters. The number of rotatable bonds is 9. The van der Waals surface area contributed by atoms with E-state index in [0.717, 1.165) is 4.47 Å². The van der Waals surface area contributed by atoms with Gasteiger partial charge in [0.25, 0.3) is 23.6 Å². The highest BCUT2D eigenvalue weighted by molar-refractivity contribution is 9.10. The number of nitrogens with zero attached hydrogens (tertiary/aromatic N) is 5. The van der Waals surface area contributed by atoms with Crippen molar-refractivity contribution in [3.05, 3.63) is 155 Å². The minimum atomic E-state index is -2.99. The van der Waals surface area contributed by atoms with Gasteiger partial charge in [-0.3, -0.25) is 34.0 Å². The predicted octanol–water partition coefficient (Wildman–Crippen LogP) is 7.32. The van der Waals surface area contributed by atoms with Crippen LogP contribution in [0.1, 0.15) is 54.2 Å². The number of aromatic nitrogens is 2. The van der Waals surface area contributed by atoms with Gasteiger partial charge < -0.3 is 44.7 Å². The first kappa shape index (κ1) is 65.5. The topological polar surface area (TPSA) is 245 Å². The number of para-hydroxylation sites is 2. The molecular formula is C62H66BrClN8O12S2. The Labute approximate surface area is 515 Å². The summed E-state index contributed by atoms with van der Waals surface area (Å²) in [7, 11) is -2.36. The standard InChI is InChI=1S/C31H32N4O6S.C22H18BrN3O4.C5H7Cl.C4H9NO2S/c1-31(2,35-15-17-42(38,39)18-16-35)13-11-22-9-10-28-27(19-22)34(3)30(37)26(21-40-28)33-29(36)25-20-24(12-14-32-25)41-23-7-5-4-6-8-23;1-26-19-11-14(23)7-8-20(19)29-13-18(22(26)28)25-21(27)17-12-16(9-10-24-17)30-15-5-3-2-4-6-15;1-4-5(2,3)6;6-8(7)3-1-5-2-4-8/h4-10,12,14,19-20,26H,15-18,21H2,1-3H3,(H,33,36);2-12,18H,13H2,1H3,(H,25,27);1H,2-3H3;5H,1-4H2/t26-;18-;;/m00../s1. The number of pyridine rings is 2. The zero-order valence-electron chi connectivity index (χ0n) is 48.2. The van der Waals surface area contributed by atoms with Gasteiger partial charge in [-0.25, -0.2) is 16.8 Å². The largest absolute Gasteiger partial charge is 0.489 e. The van der Waals surface area contributed by atoms with Crippen LogP contribution in [-0.2, 0) is 29.3 Å². The minimum absolute atomic E-state index is 0.0176. The van der Waals surface area contributed by atoms with Crippen molar-refractivity contribution in [3.8, 4) is 58.7 Å². The molecule has 452 valence electrons. The van der Waals surface area contributed by atoms with Gasteiger partial charge in [0.2, 0.25) is 0 Å². The van der Waals surface area contributed by atoms with Crippen LogP contribution in [0.25, 0.3) is 0 Å². The average Bonchev–Trinajstić information content (AvgIpc) is 3.58. The van der Waals surface area contributed by atoms with E-state index in [0.29, 0.717) is 89.1 Å². The maximum absolute atomic E-state index is 13.4. The molecule has 10 rings (SSSR count). The van der Waals surface area contributed by atoms with E-state index in [1.165, 1.54) is 34.3 Å². The molecular weight excluding hydrogens is 1230 g/mol. The first-order valence-corrected chi connectivity index (χ1v) is 31.9. The van der Waals surface area contributed by atoms with Crippen molar-refractivity contribution < 1.29 is 55.0 Å². The number of carbonyl (C=O) groups is 4. The number of likely N-dealkylation sites (N-methyl/N-ethyl adjacent to an activating group) is 2. The number of sulfone groups is 2. The van der Waals surface area contributed by atoms with Crippen LogP contribution in [-0.4, -0.2) is 154 Å². The molecule has 4 aliphatic heterocycles. The lowest BCUT2D eigenvalue weighted by Crippen LogP contribution is -2.50. The molecule has 6 aromatic rings. The third-order valence-corrected chi connectivity index (χ3v) is 17.2. The van der Waals surface area contributed by atoms with E-state index >= 15 is 0 Å². The highest BCUT2D eigenvalue weighted by Gasteiger charge is 2.34. The van der Waals surface area contributed by atoms with Gasteiger partial charge in [-0.05, 0) is 100 Å². The monoisotopic (exact) mass is 1290 g/mol. The molecule has 2 aromatic heterocycles. The van der Waals surface area contributed by atoms with Crippen LogP contribution in [0, 0.1) is 24.2 Å². The summed E-state index contributed by atoms with van der Waals surface area (Å²) in [6.07, 6.45) is 7.88. The second kappa shape index (κ2) is 29.4. The Kier molecular flexibility index (Phi) is 22.4. The maximum Gasteiger partial charge on any atom is 0.270 e. The zero-order valence-corrected chi connectivity index (χ0v) is 52.2. The van der Waals surface area contributed by atoms with E-state index in [2.05, 4.69) is 64.5 Å². The summed E-state index contributed by atoms with van der Waals surface area (Å²) < 4.78 is 68.9. The van der Waals surface area contributed by atoms with Crippen molar-refractivity contribution in [2.24, 2.45) is 0 Å². The Bertz CT molecular complexity index is 3720. The number of hydrogen-bond acceptors (Lipinski definition) is 16. The first-order chi connectivity index (χ1) is 40.8. The van der Waals surface area contributed by atoms with Crippen molar-refractivity contribution in [2.75, 3.05) is 86.3 Å². The van der Waals surface area contributed by atoms with E-state index in [1.54, 1.807) is 76.5 Å². The van der Waals surface area contributed by atoms with Gasteiger partial charge >= 0.3 is 0 Å². The number of alkyl halides is 1. The summed E-state index contributed by atoms with van der Waals surface area (Å²) in [6, 6.07) is 33.7. The minimum Gasteiger partial charge on any atom is -0.489 e. The molecule has 4 aromatic carbocycles. The van der Waals surface area contributed by atoms with Gasteiger partial charge in [0, 0.05) is 74.8 Å². The molecule has 0 aliphatic carbocycles. The number of anilines is 2. The lowest BCUT2D eigenvalue weighted by Gasteiger charge is -2.37. The predicted molar refractivity (Wildman–Crippen MR) is 334 cm³/mol. The summed E-state index contributed by atoms with van der Waals surface area (Å²) in [6.45, 7) is 9.56. The van der Waals surface area contributed by atoms with Crippen LogP contribution in [0.3, 0.4) is 0 Å². The number of halogens is 2. The van der Waals surface area contributed by atoms with Gasteiger partial charge in [-0.1, -0.05) is 70.1 Å². The van der Waals surface area contributed by atoms with Gasteiger partial charge in [0.05, 0.1) is 44.8 Å². The second-order valence-corrected chi connectivity index (χ2v) is 27.3. The molecule has 0 radical (unpaired) electrons. The van der Waals surface area contributed by atoms with Crippen LogP contribution in [0.5, 0.6) is 34.5 Å². The average molecular weight is 1290 g/mol. The smallest absolute Gasteiger partial charge is 0.270 e. The number of fused-ring (bicyclic) bond motifs is 2. The summed E-state index contributed by atoms with van der Waals surface area (Å²) in [5, 5.41) is 8.41. The van der Waals surface area contributed by atoms with E-state index < -0.39 is 54.0 Å². The molecule has 3 N–H and O–H groups in total. The molecule has 0 saturated carbocycles. The Morgan fingerprint density at radius 2 is 1.10 bits per heavy atom. The third kappa shape index (κ3) is 19.2. The van der Waals surface area contributed by atoms with Crippen LogP contribution >= 0.6 is 27.5 Å². The van der Waals surface area contributed by atoms with Crippen LogP contribution in [0.2, 0.25) is 0 Å².